The molecule has 1 N–H and O–H groups in total. The van der Waals surface area contributed by atoms with Gasteiger partial charge in [-0.25, -0.2) is 4.68 Å². The van der Waals surface area contributed by atoms with Gasteiger partial charge in [0.1, 0.15) is 0 Å². The first-order chi connectivity index (χ1) is 12.4. The summed E-state index contributed by atoms with van der Waals surface area (Å²) in [6, 6.07) is 7.18. The second-order valence-corrected chi connectivity index (χ2v) is 7.13. The molecular formula is C19H22ClN3O3. The van der Waals surface area contributed by atoms with Crippen molar-refractivity contribution in [1.82, 2.24) is 14.7 Å². The highest BCUT2D eigenvalue weighted by atomic mass is 35.5. The number of hydrogen-bond donors (Lipinski definition) is 1. The molecule has 0 aliphatic carbocycles. The van der Waals surface area contributed by atoms with Gasteiger partial charge in [-0.3, -0.25) is 9.59 Å². The zero-order valence-electron chi connectivity index (χ0n) is 14.9. The molecule has 1 unspecified atom stereocenters. The standard InChI is InChI=1S/C19H22ClN3O3/c1-12-17(11-18(24)22-9-3-4-16(22)10-19(25)26)13(2)23(21-12)15-7-5-14(20)6-8-15/h5-8,16H,3-4,9-11H2,1-2H3,(H,25,26). The number of benzene rings is 1. The van der Waals surface area contributed by atoms with Crippen molar-refractivity contribution in [1.29, 1.82) is 0 Å². The molecule has 1 amide bonds. The van der Waals surface area contributed by atoms with E-state index in [0.717, 1.165) is 35.5 Å². The van der Waals surface area contributed by atoms with E-state index in [-0.39, 0.29) is 24.8 Å². The number of carboxylic acids is 1. The smallest absolute Gasteiger partial charge is 0.305 e. The zero-order valence-corrected chi connectivity index (χ0v) is 15.7. The molecule has 6 nitrogen and oxygen atoms in total. The molecule has 1 fully saturated rings. The molecule has 138 valence electrons. The third-order valence-electron chi connectivity index (χ3n) is 4.95. The Morgan fingerprint density at radius 2 is 1.96 bits per heavy atom. The van der Waals surface area contributed by atoms with Crippen LogP contribution in [-0.2, 0) is 16.0 Å². The van der Waals surface area contributed by atoms with E-state index in [1.54, 1.807) is 17.0 Å². The fourth-order valence-electron chi connectivity index (χ4n) is 3.60. The monoisotopic (exact) mass is 375 g/mol. The van der Waals surface area contributed by atoms with Crippen LogP contribution in [0.15, 0.2) is 24.3 Å². The summed E-state index contributed by atoms with van der Waals surface area (Å²) in [5.74, 6) is -0.895. The normalized spacial score (nSPS) is 16.9. The molecule has 1 aromatic carbocycles. The maximum absolute atomic E-state index is 12.8. The van der Waals surface area contributed by atoms with Crippen LogP contribution in [0.5, 0.6) is 0 Å². The third-order valence-corrected chi connectivity index (χ3v) is 5.20. The van der Waals surface area contributed by atoms with E-state index < -0.39 is 5.97 Å². The zero-order chi connectivity index (χ0) is 18.8. The van der Waals surface area contributed by atoms with Crippen molar-refractivity contribution in [2.45, 2.75) is 45.6 Å². The predicted octanol–water partition coefficient (Wildman–Crippen LogP) is 3.15. The van der Waals surface area contributed by atoms with Gasteiger partial charge in [-0.1, -0.05) is 11.6 Å². The molecule has 1 saturated heterocycles. The van der Waals surface area contributed by atoms with Crippen LogP contribution in [0.4, 0.5) is 0 Å². The van der Waals surface area contributed by atoms with Crippen LogP contribution in [0.3, 0.4) is 0 Å². The largest absolute Gasteiger partial charge is 0.481 e. The van der Waals surface area contributed by atoms with E-state index in [2.05, 4.69) is 5.10 Å². The minimum Gasteiger partial charge on any atom is -0.481 e. The lowest BCUT2D eigenvalue weighted by Crippen LogP contribution is -2.37. The Balaban J connectivity index is 1.81. The number of carbonyl (C=O) groups is 2. The Morgan fingerprint density at radius 1 is 1.27 bits per heavy atom. The highest BCUT2D eigenvalue weighted by Gasteiger charge is 2.31. The fraction of sp³-hybridized carbons (Fsp3) is 0.421. The summed E-state index contributed by atoms with van der Waals surface area (Å²) in [5.41, 5.74) is 3.50. The second kappa shape index (κ2) is 7.50. The van der Waals surface area contributed by atoms with Crippen molar-refractivity contribution in [3.8, 4) is 5.69 Å². The summed E-state index contributed by atoms with van der Waals surface area (Å²) in [7, 11) is 0. The lowest BCUT2D eigenvalue weighted by Gasteiger charge is -2.23. The van der Waals surface area contributed by atoms with E-state index in [1.807, 2.05) is 30.7 Å². The molecule has 1 aliphatic rings. The number of amides is 1. The first-order valence-electron chi connectivity index (χ1n) is 8.69. The lowest BCUT2D eigenvalue weighted by molar-refractivity contribution is -0.139. The summed E-state index contributed by atoms with van der Waals surface area (Å²) in [5, 5.41) is 14.3. The maximum Gasteiger partial charge on any atom is 0.305 e. The average Bonchev–Trinajstić information content (AvgIpc) is 3.14. The number of rotatable bonds is 5. The molecule has 2 heterocycles. The number of nitrogens with zero attached hydrogens (tertiary/aromatic N) is 3. The van der Waals surface area contributed by atoms with Crippen molar-refractivity contribution in [3.63, 3.8) is 0 Å². The third kappa shape index (κ3) is 3.75. The van der Waals surface area contributed by atoms with Crippen LogP contribution >= 0.6 is 11.6 Å². The summed E-state index contributed by atoms with van der Waals surface area (Å²) in [6.45, 7) is 4.46. The Labute approximate surface area is 157 Å². The van der Waals surface area contributed by atoms with Crippen molar-refractivity contribution in [3.05, 3.63) is 46.2 Å². The molecule has 0 saturated carbocycles. The van der Waals surface area contributed by atoms with E-state index in [1.165, 1.54) is 0 Å². The van der Waals surface area contributed by atoms with Gasteiger partial charge < -0.3 is 10.0 Å². The van der Waals surface area contributed by atoms with Crippen LogP contribution in [0.25, 0.3) is 5.69 Å². The van der Waals surface area contributed by atoms with Gasteiger partial charge in [-0.2, -0.15) is 5.10 Å². The van der Waals surface area contributed by atoms with Gasteiger partial charge >= 0.3 is 5.97 Å². The number of halogens is 1. The summed E-state index contributed by atoms with van der Waals surface area (Å²) in [4.78, 5) is 25.5. The number of carbonyl (C=O) groups excluding carboxylic acids is 1. The number of hydrogen-bond acceptors (Lipinski definition) is 3. The molecular weight excluding hydrogens is 354 g/mol. The topological polar surface area (TPSA) is 75.4 Å². The number of carboxylic acid groups (broad SMARTS) is 1. The molecule has 3 rings (SSSR count). The van der Waals surface area contributed by atoms with Gasteiger partial charge in [-0.15, -0.1) is 0 Å². The average molecular weight is 376 g/mol. The minimum atomic E-state index is -0.863. The van der Waals surface area contributed by atoms with Crippen molar-refractivity contribution in [2.75, 3.05) is 6.54 Å². The fourth-order valence-corrected chi connectivity index (χ4v) is 3.72. The van der Waals surface area contributed by atoms with E-state index in [0.29, 0.717) is 11.6 Å². The Hall–Kier alpha value is -2.34. The number of aromatic nitrogens is 2. The van der Waals surface area contributed by atoms with Crippen LogP contribution < -0.4 is 0 Å². The van der Waals surface area contributed by atoms with Crippen LogP contribution in [0, 0.1) is 13.8 Å². The Bertz CT molecular complexity index is 829. The molecule has 1 aliphatic heterocycles. The number of likely N-dealkylation sites (tertiary alicyclic amines) is 1. The van der Waals surface area contributed by atoms with Crippen LogP contribution in [0.1, 0.15) is 36.2 Å². The highest BCUT2D eigenvalue weighted by molar-refractivity contribution is 6.30. The van der Waals surface area contributed by atoms with Gasteiger partial charge in [-0.05, 0) is 51.0 Å². The molecule has 1 atom stereocenters. The van der Waals surface area contributed by atoms with Gasteiger partial charge in [0.25, 0.3) is 0 Å². The first-order valence-corrected chi connectivity index (χ1v) is 9.07. The van der Waals surface area contributed by atoms with Crippen molar-refractivity contribution in [2.24, 2.45) is 0 Å². The molecule has 0 spiro atoms. The van der Waals surface area contributed by atoms with Crippen LogP contribution in [0.2, 0.25) is 5.02 Å². The Morgan fingerprint density at radius 3 is 2.62 bits per heavy atom. The first kappa shape index (κ1) is 18.5. The van der Waals surface area contributed by atoms with Crippen molar-refractivity contribution >= 4 is 23.5 Å². The summed E-state index contributed by atoms with van der Waals surface area (Å²) < 4.78 is 1.81. The van der Waals surface area contributed by atoms with Gasteiger partial charge in [0.2, 0.25) is 5.91 Å². The molecule has 1 aromatic heterocycles. The molecule has 0 bridgehead atoms. The SMILES string of the molecule is Cc1nn(-c2ccc(Cl)cc2)c(C)c1CC(=O)N1CCCC1CC(=O)O. The molecule has 7 heteroatoms. The van der Waals surface area contributed by atoms with Gasteiger partial charge in [0, 0.05) is 28.9 Å². The summed E-state index contributed by atoms with van der Waals surface area (Å²) in [6.07, 6.45) is 1.85. The second-order valence-electron chi connectivity index (χ2n) is 6.70. The van der Waals surface area contributed by atoms with E-state index >= 15 is 0 Å². The molecule has 0 radical (unpaired) electrons. The number of aryl methyl sites for hydroxylation is 1. The van der Waals surface area contributed by atoms with Crippen molar-refractivity contribution < 1.29 is 14.7 Å². The quantitative estimate of drug-likeness (QED) is 0.871. The maximum atomic E-state index is 12.8. The molecule has 2 aromatic rings. The highest BCUT2D eigenvalue weighted by Crippen LogP contribution is 2.24. The van der Waals surface area contributed by atoms with E-state index in [9.17, 15) is 9.59 Å². The number of aliphatic carboxylic acids is 1. The lowest BCUT2D eigenvalue weighted by atomic mass is 10.1. The van der Waals surface area contributed by atoms with Crippen LogP contribution in [-0.4, -0.2) is 44.3 Å². The van der Waals surface area contributed by atoms with Gasteiger partial charge in [0.15, 0.2) is 0 Å². The minimum absolute atomic E-state index is 0.00768. The van der Waals surface area contributed by atoms with Gasteiger partial charge in [0.05, 0.1) is 24.2 Å². The van der Waals surface area contributed by atoms with E-state index in [4.69, 9.17) is 16.7 Å². The summed E-state index contributed by atoms with van der Waals surface area (Å²) >= 11 is 5.94. The predicted molar refractivity (Wildman–Crippen MR) is 98.7 cm³/mol. The Kier molecular flexibility index (Phi) is 5.32. The molecule has 26 heavy (non-hydrogen) atoms.